The summed E-state index contributed by atoms with van der Waals surface area (Å²) < 4.78 is 10.3. The lowest BCUT2D eigenvalue weighted by Crippen LogP contribution is -1.91. The topological polar surface area (TPSA) is 83.5 Å². The Kier molecular flexibility index (Phi) is 3.30. The third-order valence-electron chi connectivity index (χ3n) is 2.22. The van der Waals surface area contributed by atoms with Gasteiger partial charge >= 0.3 is 5.97 Å². The Morgan fingerprint density at radius 1 is 1.28 bits per heavy atom. The highest BCUT2D eigenvalue weighted by Gasteiger charge is 2.10. The van der Waals surface area contributed by atoms with Gasteiger partial charge in [0.25, 0.3) is 5.95 Å². The zero-order chi connectivity index (χ0) is 13.0. The molecule has 90 valence electrons. The molecule has 0 atom stereocenters. The molecular weight excluding hydrogens is 234 g/mol. The first-order valence-corrected chi connectivity index (χ1v) is 5.16. The number of ether oxygens (including phenoxy) is 1. The summed E-state index contributed by atoms with van der Waals surface area (Å²) in [5, 5.41) is 17.2. The molecule has 5 heteroatoms. The summed E-state index contributed by atoms with van der Waals surface area (Å²) >= 11 is 0. The number of hydrogen-bond donors (Lipinski definition) is 1. The molecule has 1 aromatic heterocycles. The lowest BCUT2D eigenvalue weighted by molar-refractivity contribution is 0.0657. The maximum absolute atomic E-state index is 10.6. The number of benzene rings is 1. The van der Waals surface area contributed by atoms with Crippen molar-refractivity contribution in [1.82, 2.24) is 0 Å². The maximum atomic E-state index is 10.6. The van der Waals surface area contributed by atoms with Crippen LogP contribution in [0.3, 0.4) is 0 Å². The van der Waals surface area contributed by atoms with Gasteiger partial charge in [0, 0.05) is 6.07 Å². The van der Waals surface area contributed by atoms with Crippen LogP contribution in [0.2, 0.25) is 0 Å². The van der Waals surface area contributed by atoms with Gasteiger partial charge in [-0.15, -0.1) is 0 Å². The predicted octanol–water partition coefficient (Wildman–Crippen LogP) is 2.84. The summed E-state index contributed by atoms with van der Waals surface area (Å²) in [6.45, 7) is 0. The molecule has 0 unspecified atom stereocenters. The number of carbonyl (C=O) groups is 1. The van der Waals surface area contributed by atoms with Gasteiger partial charge in [-0.1, -0.05) is 12.1 Å². The minimum Gasteiger partial charge on any atom is -0.475 e. The first kappa shape index (κ1) is 11.7. The van der Waals surface area contributed by atoms with E-state index in [9.17, 15) is 4.79 Å². The quantitative estimate of drug-likeness (QED) is 0.892. The Hall–Kier alpha value is -2.74. The molecule has 0 amide bonds. The van der Waals surface area contributed by atoms with Gasteiger partial charge in [0.05, 0.1) is 12.5 Å². The fraction of sp³-hybridized carbons (Fsp3) is 0.0769. The molecule has 18 heavy (non-hydrogen) atoms. The van der Waals surface area contributed by atoms with E-state index in [1.165, 1.54) is 12.1 Å². The molecule has 0 aliphatic carbocycles. The fourth-order valence-electron chi connectivity index (χ4n) is 1.37. The molecule has 0 radical (unpaired) electrons. The number of nitriles is 1. The normalized spacial score (nSPS) is 9.72. The van der Waals surface area contributed by atoms with E-state index < -0.39 is 5.97 Å². The van der Waals surface area contributed by atoms with Crippen LogP contribution in [-0.4, -0.2) is 11.1 Å². The van der Waals surface area contributed by atoms with Crippen molar-refractivity contribution < 1.29 is 19.1 Å². The van der Waals surface area contributed by atoms with Crippen LogP contribution in [0.15, 0.2) is 40.8 Å². The van der Waals surface area contributed by atoms with E-state index in [0.717, 1.165) is 5.56 Å². The summed E-state index contributed by atoms with van der Waals surface area (Å²) in [7, 11) is 0. The Balaban J connectivity index is 2.08. The molecule has 0 saturated heterocycles. The van der Waals surface area contributed by atoms with Crippen LogP contribution < -0.4 is 4.74 Å². The van der Waals surface area contributed by atoms with E-state index in [1.54, 1.807) is 24.3 Å². The number of carboxylic acids is 1. The number of nitrogens with zero attached hydrogens (tertiary/aromatic N) is 1. The summed E-state index contributed by atoms with van der Waals surface area (Å²) in [6.07, 6.45) is 0.337. The van der Waals surface area contributed by atoms with Crippen LogP contribution in [0.1, 0.15) is 16.1 Å². The van der Waals surface area contributed by atoms with Gasteiger partial charge in [-0.25, -0.2) is 4.79 Å². The van der Waals surface area contributed by atoms with Gasteiger partial charge in [-0.2, -0.15) is 5.26 Å². The van der Waals surface area contributed by atoms with Crippen molar-refractivity contribution in [3.05, 3.63) is 47.7 Å². The van der Waals surface area contributed by atoms with Gasteiger partial charge < -0.3 is 14.3 Å². The monoisotopic (exact) mass is 243 g/mol. The van der Waals surface area contributed by atoms with E-state index >= 15 is 0 Å². The average Bonchev–Trinajstić information content (AvgIpc) is 2.81. The molecular formula is C13H9NO4. The van der Waals surface area contributed by atoms with Crippen molar-refractivity contribution in [3.8, 4) is 17.8 Å². The maximum Gasteiger partial charge on any atom is 0.371 e. The molecule has 0 spiro atoms. The number of rotatable bonds is 4. The fourth-order valence-corrected chi connectivity index (χ4v) is 1.37. The second-order valence-electron chi connectivity index (χ2n) is 3.50. The van der Waals surface area contributed by atoms with E-state index in [1.807, 2.05) is 6.07 Å². The van der Waals surface area contributed by atoms with Crippen molar-refractivity contribution in [2.24, 2.45) is 0 Å². The smallest absolute Gasteiger partial charge is 0.371 e. The molecule has 1 N–H and O–H groups in total. The minimum atomic E-state index is -1.14. The summed E-state index contributed by atoms with van der Waals surface area (Å²) in [4.78, 5) is 10.6. The lowest BCUT2D eigenvalue weighted by atomic mass is 10.2. The molecule has 0 aliphatic heterocycles. The number of hydrogen-bond acceptors (Lipinski definition) is 4. The molecule has 1 heterocycles. The highest BCUT2D eigenvalue weighted by Crippen LogP contribution is 2.24. The summed E-state index contributed by atoms with van der Waals surface area (Å²) in [5.41, 5.74) is 0.885. The first-order chi connectivity index (χ1) is 8.69. The van der Waals surface area contributed by atoms with Crippen LogP contribution in [0.5, 0.6) is 11.7 Å². The molecule has 2 rings (SSSR count). The Bertz CT molecular complexity index is 592. The van der Waals surface area contributed by atoms with Crippen LogP contribution in [0.4, 0.5) is 0 Å². The number of aromatic carboxylic acids is 1. The minimum absolute atomic E-state index is 0.112. The Morgan fingerprint density at radius 2 is 2.00 bits per heavy atom. The summed E-state index contributed by atoms with van der Waals surface area (Å²) in [6, 6.07) is 11.7. The zero-order valence-corrected chi connectivity index (χ0v) is 9.29. The molecule has 0 fully saturated rings. The van der Waals surface area contributed by atoms with E-state index in [0.29, 0.717) is 12.2 Å². The van der Waals surface area contributed by atoms with Gasteiger partial charge in [0.15, 0.2) is 0 Å². The number of carboxylic acid groups (broad SMARTS) is 1. The molecule has 5 nitrogen and oxygen atoms in total. The lowest BCUT2D eigenvalue weighted by Gasteiger charge is -2.02. The number of furan rings is 1. The highest BCUT2D eigenvalue weighted by atomic mass is 16.6. The molecule has 1 aromatic carbocycles. The summed E-state index contributed by atoms with van der Waals surface area (Å²) in [5.74, 6) is -0.691. The Morgan fingerprint density at radius 3 is 2.56 bits per heavy atom. The third-order valence-corrected chi connectivity index (χ3v) is 2.22. The van der Waals surface area contributed by atoms with Crippen molar-refractivity contribution >= 4 is 5.97 Å². The first-order valence-electron chi connectivity index (χ1n) is 5.16. The second kappa shape index (κ2) is 5.06. The van der Waals surface area contributed by atoms with Gasteiger partial charge in [0.2, 0.25) is 5.76 Å². The van der Waals surface area contributed by atoms with Crippen LogP contribution >= 0.6 is 0 Å². The zero-order valence-electron chi connectivity index (χ0n) is 9.29. The molecule has 0 bridgehead atoms. The van der Waals surface area contributed by atoms with Crippen molar-refractivity contribution in [1.29, 1.82) is 5.26 Å². The van der Waals surface area contributed by atoms with Gasteiger partial charge in [-0.05, 0) is 23.8 Å². The Labute approximate surface area is 103 Å². The standard InChI is InChI=1S/C13H9NO4/c14-8-7-9-1-3-10(4-2-9)17-12-6-5-11(18-12)13(15)16/h1-6H,7H2,(H,15,16). The van der Waals surface area contributed by atoms with Crippen LogP contribution in [-0.2, 0) is 6.42 Å². The molecule has 2 aromatic rings. The van der Waals surface area contributed by atoms with Crippen molar-refractivity contribution in [2.45, 2.75) is 6.42 Å². The van der Waals surface area contributed by atoms with Crippen LogP contribution in [0.25, 0.3) is 0 Å². The van der Waals surface area contributed by atoms with Crippen molar-refractivity contribution in [2.75, 3.05) is 0 Å². The van der Waals surface area contributed by atoms with Gasteiger partial charge in [0.1, 0.15) is 5.75 Å². The molecule has 0 aliphatic rings. The van der Waals surface area contributed by atoms with Crippen LogP contribution in [0, 0.1) is 11.3 Å². The highest BCUT2D eigenvalue weighted by molar-refractivity contribution is 5.84. The van der Waals surface area contributed by atoms with E-state index in [-0.39, 0.29) is 11.7 Å². The second-order valence-corrected chi connectivity index (χ2v) is 3.50. The molecule has 0 saturated carbocycles. The average molecular weight is 243 g/mol. The van der Waals surface area contributed by atoms with E-state index in [4.69, 9.17) is 19.5 Å². The van der Waals surface area contributed by atoms with E-state index in [2.05, 4.69) is 0 Å². The third kappa shape index (κ3) is 2.68. The predicted molar refractivity (Wildman–Crippen MR) is 61.5 cm³/mol. The largest absolute Gasteiger partial charge is 0.475 e. The van der Waals surface area contributed by atoms with Gasteiger partial charge in [-0.3, -0.25) is 0 Å². The van der Waals surface area contributed by atoms with Crippen molar-refractivity contribution in [3.63, 3.8) is 0 Å². The SMILES string of the molecule is N#CCc1ccc(Oc2ccc(C(=O)O)o2)cc1.